The highest BCUT2D eigenvalue weighted by Crippen LogP contribution is 2.01. The minimum atomic E-state index is -0.868. The molecule has 0 aromatic heterocycles. The van der Waals surface area contributed by atoms with Gasteiger partial charge in [-0.2, -0.15) is 0 Å². The first-order valence-corrected chi connectivity index (χ1v) is 9.26. The van der Waals surface area contributed by atoms with Crippen molar-refractivity contribution in [1.29, 1.82) is 0 Å². The predicted octanol–water partition coefficient (Wildman–Crippen LogP) is 6.77. The highest BCUT2D eigenvalue weighted by atomic mass is 16.4. The first kappa shape index (κ1) is 22.2. The number of carboxylic acid groups (broad SMARTS) is 1. The van der Waals surface area contributed by atoms with Gasteiger partial charge >= 0.3 is 5.97 Å². The van der Waals surface area contributed by atoms with E-state index in [0.717, 1.165) is 38.5 Å². The average molecular weight is 331 g/mol. The average Bonchev–Trinajstić information content (AvgIpc) is 2.56. The molecule has 0 radical (unpaired) electrons. The summed E-state index contributed by atoms with van der Waals surface area (Å²) in [6, 6.07) is 0. The fourth-order valence-electron chi connectivity index (χ4n) is 2.10. The summed E-state index contributed by atoms with van der Waals surface area (Å²) < 4.78 is 0. The second-order valence-corrected chi connectivity index (χ2v) is 5.76. The second-order valence-electron chi connectivity index (χ2n) is 5.76. The van der Waals surface area contributed by atoms with Crippen molar-refractivity contribution >= 4 is 5.97 Å². The van der Waals surface area contributed by atoms with Crippen LogP contribution in [0.3, 0.4) is 0 Å². The number of rotatable bonds is 15. The molecule has 0 heterocycles. The third-order valence-electron chi connectivity index (χ3n) is 3.46. The molecule has 24 heavy (non-hydrogen) atoms. The Morgan fingerprint density at radius 2 is 1.12 bits per heavy atom. The molecule has 0 aliphatic carbocycles. The molecule has 0 aromatic carbocycles. The number of hydrogen-bond donors (Lipinski definition) is 1. The van der Waals surface area contributed by atoms with Crippen molar-refractivity contribution < 1.29 is 9.90 Å². The lowest BCUT2D eigenvalue weighted by Crippen LogP contribution is -1.85. The van der Waals surface area contributed by atoms with Crippen LogP contribution in [0.15, 0.2) is 60.8 Å². The lowest BCUT2D eigenvalue weighted by Gasteiger charge is -1.90. The van der Waals surface area contributed by atoms with Gasteiger partial charge in [-0.25, -0.2) is 4.79 Å². The van der Waals surface area contributed by atoms with Crippen molar-refractivity contribution in [1.82, 2.24) is 0 Å². The lowest BCUT2D eigenvalue weighted by atomic mass is 10.2. The Morgan fingerprint density at radius 1 is 0.667 bits per heavy atom. The minimum Gasteiger partial charge on any atom is -0.478 e. The van der Waals surface area contributed by atoms with E-state index in [2.05, 4.69) is 55.5 Å². The Hall–Kier alpha value is -1.83. The van der Waals surface area contributed by atoms with Crippen molar-refractivity contribution in [2.75, 3.05) is 0 Å². The van der Waals surface area contributed by atoms with E-state index in [-0.39, 0.29) is 0 Å². The van der Waals surface area contributed by atoms with Crippen LogP contribution in [-0.2, 0) is 4.79 Å². The fourth-order valence-corrected chi connectivity index (χ4v) is 2.10. The van der Waals surface area contributed by atoms with Gasteiger partial charge in [-0.05, 0) is 51.4 Å². The summed E-state index contributed by atoms with van der Waals surface area (Å²) in [7, 11) is 0. The molecule has 0 saturated carbocycles. The molecule has 0 fully saturated rings. The summed E-state index contributed by atoms with van der Waals surface area (Å²) in [5, 5.41) is 8.44. The molecular weight excluding hydrogens is 296 g/mol. The lowest BCUT2D eigenvalue weighted by molar-refractivity contribution is -0.131. The van der Waals surface area contributed by atoms with Gasteiger partial charge in [0.05, 0.1) is 0 Å². The van der Waals surface area contributed by atoms with Crippen LogP contribution in [0.5, 0.6) is 0 Å². The van der Waals surface area contributed by atoms with Gasteiger partial charge in [-0.15, -0.1) is 0 Å². The van der Waals surface area contributed by atoms with Crippen molar-refractivity contribution in [3.63, 3.8) is 0 Å². The first-order valence-electron chi connectivity index (χ1n) is 9.26. The first-order chi connectivity index (χ1) is 11.8. The van der Waals surface area contributed by atoms with E-state index in [4.69, 9.17) is 5.11 Å². The van der Waals surface area contributed by atoms with E-state index >= 15 is 0 Å². The summed E-state index contributed by atoms with van der Waals surface area (Å²) >= 11 is 0. The summed E-state index contributed by atoms with van der Waals surface area (Å²) in [6.07, 6.45) is 31.6. The molecule has 1 N–H and O–H groups in total. The molecule has 0 aromatic rings. The van der Waals surface area contributed by atoms with Crippen LogP contribution < -0.4 is 0 Å². The number of aliphatic carboxylic acids is 1. The third kappa shape index (κ3) is 20.2. The Morgan fingerprint density at radius 3 is 1.62 bits per heavy atom. The maximum atomic E-state index is 10.3. The van der Waals surface area contributed by atoms with E-state index in [0.29, 0.717) is 0 Å². The van der Waals surface area contributed by atoms with Gasteiger partial charge in [0.15, 0.2) is 0 Å². The molecule has 134 valence electrons. The van der Waals surface area contributed by atoms with E-state index in [1.807, 2.05) is 0 Å². The van der Waals surface area contributed by atoms with E-state index in [1.165, 1.54) is 31.8 Å². The normalized spacial score (nSPS) is 12.7. The molecule has 0 saturated heterocycles. The summed E-state index contributed by atoms with van der Waals surface area (Å²) in [6.45, 7) is 2.23. The standard InChI is InChI=1S/C22H34O2/c1-2-3-4-5-6-7-8-9-10-11-12-13-14-15-16-17-18-19-20-21-22(23)24/h6-7,9-10,12-13,15-16,20-21H,2-5,8,11,14,17-19H2,1H3,(H,23,24). The predicted molar refractivity (Wildman–Crippen MR) is 105 cm³/mol. The van der Waals surface area contributed by atoms with Crippen LogP contribution in [-0.4, -0.2) is 11.1 Å². The molecule has 0 amide bonds. The van der Waals surface area contributed by atoms with E-state index in [9.17, 15) is 4.79 Å². The molecular formula is C22H34O2. The number of carboxylic acids is 1. The topological polar surface area (TPSA) is 37.3 Å². The smallest absolute Gasteiger partial charge is 0.327 e. The minimum absolute atomic E-state index is 0.824. The quantitative estimate of drug-likeness (QED) is 0.204. The van der Waals surface area contributed by atoms with Crippen LogP contribution in [0.2, 0.25) is 0 Å². The van der Waals surface area contributed by atoms with Crippen LogP contribution >= 0.6 is 0 Å². The van der Waals surface area contributed by atoms with Crippen molar-refractivity contribution in [3.8, 4) is 0 Å². The van der Waals surface area contributed by atoms with Gasteiger partial charge < -0.3 is 5.11 Å². The fraction of sp³-hybridized carbons (Fsp3) is 0.500. The van der Waals surface area contributed by atoms with E-state index < -0.39 is 5.97 Å². The molecule has 0 aliphatic heterocycles. The zero-order valence-corrected chi connectivity index (χ0v) is 15.2. The molecule has 2 nitrogen and oxygen atoms in total. The molecule has 0 spiro atoms. The largest absolute Gasteiger partial charge is 0.478 e. The molecule has 0 atom stereocenters. The number of carbonyl (C=O) groups is 1. The maximum Gasteiger partial charge on any atom is 0.327 e. The van der Waals surface area contributed by atoms with Gasteiger partial charge in [-0.1, -0.05) is 74.4 Å². The molecule has 2 heteroatoms. The van der Waals surface area contributed by atoms with E-state index in [1.54, 1.807) is 6.08 Å². The molecule has 0 aliphatic rings. The van der Waals surface area contributed by atoms with Gasteiger partial charge in [0.2, 0.25) is 0 Å². The zero-order valence-electron chi connectivity index (χ0n) is 15.2. The SMILES string of the molecule is CCCCCC=CCC=CCC=CCC=CCCCC=CC(=O)O. The van der Waals surface area contributed by atoms with Gasteiger partial charge in [-0.3, -0.25) is 0 Å². The molecule has 0 bridgehead atoms. The Balaban J connectivity index is 3.43. The van der Waals surface area contributed by atoms with Gasteiger partial charge in [0.1, 0.15) is 0 Å². The second kappa shape index (κ2) is 19.2. The number of allylic oxidation sites excluding steroid dienone is 9. The zero-order chi connectivity index (χ0) is 17.7. The monoisotopic (exact) mass is 330 g/mol. The highest BCUT2D eigenvalue weighted by molar-refractivity contribution is 5.79. The Bertz CT molecular complexity index is 425. The maximum absolute atomic E-state index is 10.3. The molecule has 0 rings (SSSR count). The summed E-state index contributed by atoms with van der Waals surface area (Å²) in [4.78, 5) is 10.3. The third-order valence-corrected chi connectivity index (χ3v) is 3.46. The molecule has 0 unspecified atom stereocenters. The van der Waals surface area contributed by atoms with Crippen LogP contribution in [0.25, 0.3) is 0 Å². The summed E-state index contributed by atoms with van der Waals surface area (Å²) in [5.41, 5.74) is 0. The van der Waals surface area contributed by atoms with Crippen molar-refractivity contribution in [2.24, 2.45) is 0 Å². The number of unbranched alkanes of at least 4 members (excludes halogenated alkanes) is 5. The van der Waals surface area contributed by atoms with Crippen LogP contribution in [0.1, 0.15) is 71.1 Å². The van der Waals surface area contributed by atoms with Gasteiger partial charge in [0, 0.05) is 6.08 Å². The number of hydrogen-bond acceptors (Lipinski definition) is 1. The highest BCUT2D eigenvalue weighted by Gasteiger charge is 1.85. The Labute approximate surface area is 148 Å². The van der Waals surface area contributed by atoms with Crippen molar-refractivity contribution in [2.45, 2.75) is 71.1 Å². The van der Waals surface area contributed by atoms with Crippen LogP contribution in [0.4, 0.5) is 0 Å². The van der Waals surface area contributed by atoms with Crippen LogP contribution in [0, 0.1) is 0 Å². The van der Waals surface area contributed by atoms with Crippen molar-refractivity contribution in [3.05, 3.63) is 60.8 Å². The van der Waals surface area contributed by atoms with Gasteiger partial charge in [0.25, 0.3) is 0 Å². The Kier molecular flexibility index (Phi) is 17.8. The summed E-state index contributed by atoms with van der Waals surface area (Å²) in [5.74, 6) is -0.868.